The molecule has 0 spiro atoms. The van der Waals surface area contributed by atoms with Gasteiger partial charge in [-0.3, -0.25) is 4.79 Å². The van der Waals surface area contributed by atoms with E-state index in [4.69, 9.17) is 15.4 Å². The summed E-state index contributed by atoms with van der Waals surface area (Å²) in [6, 6.07) is 6.71. The maximum absolute atomic E-state index is 12.1. The Morgan fingerprint density at radius 1 is 1.40 bits per heavy atom. The molecule has 1 amide bonds. The predicted molar refractivity (Wildman–Crippen MR) is 72.9 cm³/mol. The topological polar surface area (TPSA) is 114 Å². The third kappa shape index (κ3) is 2.61. The molecule has 0 atom stereocenters. The van der Waals surface area contributed by atoms with Crippen molar-refractivity contribution in [3.8, 4) is 0 Å². The van der Waals surface area contributed by atoms with Crippen molar-refractivity contribution in [2.24, 2.45) is 10.9 Å². The Balaban J connectivity index is 2.31. The molecule has 2 aromatic rings. The zero-order chi connectivity index (χ0) is 14.7. The quantitative estimate of drug-likeness (QED) is 0.341. The van der Waals surface area contributed by atoms with Gasteiger partial charge in [-0.05, 0) is 19.1 Å². The largest absolute Gasteiger partial charge is 0.436 e. The normalized spacial score (nSPS) is 11.4. The van der Waals surface area contributed by atoms with Crippen LogP contribution in [0, 0.1) is 13.8 Å². The maximum Gasteiger partial charge on any atom is 0.293 e. The number of nitrogens with zero attached hydrogens (tertiary/aromatic N) is 2. The highest BCUT2D eigenvalue weighted by atomic mass is 16.4. The van der Waals surface area contributed by atoms with Gasteiger partial charge in [-0.2, -0.15) is 0 Å². The number of rotatable bonds is 3. The standard InChI is InChI=1S/C13H14N4O3/c1-7-11(20-8(2)15-7)13(18)16-10-6-4-3-5-9(10)12(14)17-19/h3-6,19H,1-2H3,(H2,14,17)(H,16,18). The minimum absolute atomic E-state index is 0.0913. The molecule has 0 aliphatic heterocycles. The monoisotopic (exact) mass is 274 g/mol. The molecule has 2 rings (SSSR count). The fourth-order valence-corrected chi connectivity index (χ4v) is 1.79. The van der Waals surface area contributed by atoms with E-state index in [1.165, 1.54) is 0 Å². The van der Waals surface area contributed by atoms with Crippen molar-refractivity contribution in [3.05, 3.63) is 47.2 Å². The van der Waals surface area contributed by atoms with E-state index in [0.717, 1.165) is 0 Å². The van der Waals surface area contributed by atoms with Crippen LogP contribution in [0.25, 0.3) is 0 Å². The molecular formula is C13H14N4O3. The number of anilines is 1. The molecule has 1 aromatic heterocycles. The molecule has 0 fully saturated rings. The highest BCUT2D eigenvalue weighted by molar-refractivity contribution is 6.09. The average Bonchev–Trinajstić information content (AvgIpc) is 2.77. The van der Waals surface area contributed by atoms with Crippen molar-refractivity contribution >= 4 is 17.4 Å². The number of hydrogen-bond donors (Lipinski definition) is 3. The summed E-state index contributed by atoms with van der Waals surface area (Å²) < 4.78 is 5.24. The van der Waals surface area contributed by atoms with Gasteiger partial charge in [-0.1, -0.05) is 17.3 Å². The summed E-state index contributed by atoms with van der Waals surface area (Å²) in [4.78, 5) is 16.2. The second-order valence-electron chi connectivity index (χ2n) is 4.13. The Morgan fingerprint density at radius 3 is 2.70 bits per heavy atom. The first-order valence-electron chi connectivity index (χ1n) is 5.85. The van der Waals surface area contributed by atoms with Gasteiger partial charge in [0.25, 0.3) is 5.91 Å². The first kappa shape index (κ1) is 13.6. The third-order valence-electron chi connectivity index (χ3n) is 2.67. The van der Waals surface area contributed by atoms with Gasteiger partial charge in [-0.15, -0.1) is 0 Å². The maximum atomic E-state index is 12.1. The van der Waals surface area contributed by atoms with Gasteiger partial charge in [0, 0.05) is 12.5 Å². The Bertz CT molecular complexity index is 676. The lowest BCUT2D eigenvalue weighted by Gasteiger charge is -2.08. The van der Waals surface area contributed by atoms with E-state index in [-0.39, 0.29) is 11.6 Å². The molecule has 0 saturated carbocycles. The fourth-order valence-electron chi connectivity index (χ4n) is 1.79. The molecule has 0 radical (unpaired) electrons. The van der Waals surface area contributed by atoms with Crippen LogP contribution >= 0.6 is 0 Å². The number of oxime groups is 1. The molecule has 0 unspecified atom stereocenters. The minimum Gasteiger partial charge on any atom is -0.436 e. The second-order valence-corrected chi connectivity index (χ2v) is 4.13. The molecule has 4 N–H and O–H groups in total. The number of nitrogens with one attached hydrogen (secondary N) is 1. The first-order valence-corrected chi connectivity index (χ1v) is 5.85. The van der Waals surface area contributed by atoms with Crippen molar-refractivity contribution in [1.29, 1.82) is 0 Å². The van der Waals surface area contributed by atoms with Gasteiger partial charge in [0.2, 0.25) is 5.76 Å². The number of aryl methyl sites for hydroxylation is 2. The molecule has 104 valence electrons. The molecule has 7 heteroatoms. The number of nitrogens with two attached hydrogens (primary N) is 1. The summed E-state index contributed by atoms with van der Waals surface area (Å²) in [6.07, 6.45) is 0. The molecule has 0 bridgehead atoms. The van der Waals surface area contributed by atoms with Crippen molar-refractivity contribution < 1.29 is 14.4 Å². The van der Waals surface area contributed by atoms with Gasteiger partial charge < -0.3 is 20.7 Å². The highest BCUT2D eigenvalue weighted by Crippen LogP contribution is 2.17. The Morgan fingerprint density at radius 2 is 2.10 bits per heavy atom. The lowest BCUT2D eigenvalue weighted by Crippen LogP contribution is -2.19. The van der Waals surface area contributed by atoms with E-state index in [0.29, 0.717) is 22.8 Å². The summed E-state index contributed by atoms with van der Waals surface area (Å²) in [7, 11) is 0. The van der Waals surface area contributed by atoms with Crippen LogP contribution in [0.4, 0.5) is 5.69 Å². The van der Waals surface area contributed by atoms with E-state index >= 15 is 0 Å². The van der Waals surface area contributed by atoms with Gasteiger partial charge in [0.05, 0.1) is 11.4 Å². The van der Waals surface area contributed by atoms with Gasteiger partial charge in [-0.25, -0.2) is 4.98 Å². The van der Waals surface area contributed by atoms with Crippen LogP contribution in [0.5, 0.6) is 0 Å². The van der Waals surface area contributed by atoms with E-state index in [9.17, 15) is 4.79 Å². The molecule has 20 heavy (non-hydrogen) atoms. The Hall–Kier alpha value is -2.83. The molecule has 1 aromatic carbocycles. The average molecular weight is 274 g/mol. The Kier molecular flexibility index (Phi) is 3.69. The van der Waals surface area contributed by atoms with Crippen LogP contribution in [0.1, 0.15) is 27.7 Å². The summed E-state index contributed by atoms with van der Waals surface area (Å²) in [5, 5.41) is 14.3. The number of carbonyl (C=O) groups excluding carboxylic acids is 1. The first-order chi connectivity index (χ1) is 9.52. The number of amides is 1. The van der Waals surface area contributed by atoms with Crippen LogP contribution in [0.2, 0.25) is 0 Å². The molecule has 1 heterocycles. The number of carbonyl (C=O) groups is 1. The third-order valence-corrected chi connectivity index (χ3v) is 2.67. The number of oxazole rings is 1. The van der Waals surface area contributed by atoms with E-state index in [1.54, 1.807) is 38.1 Å². The van der Waals surface area contributed by atoms with Crippen molar-refractivity contribution in [2.45, 2.75) is 13.8 Å². The molecule has 0 aliphatic rings. The second kappa shape index (κ2) is 5.43. The van der Waals surface area contributed by atoms with Crippen molar-refractivity contribution in [3.63, 3.8) is 0 Å². The van der Waals surface area contributed by atoms with Crippen LogP contribution in [0.3, 0.4) is 0 Å². The summed E-state index contributed by atoms with van der Waals surface area (Å²) in [5.41, 5.74) is 6.89. The lowest BCUT2D eigenvalue weighted by molar-refractivity contribution is 0.0994. The molecule has 7 nitrogen and oxygen atoms in total. The number of amidine groups is 1. The Labute approximate surface area is 115 Å². The number of aromatic nitrogens is 1. The number of hydrogen-bond acceptors (Lipinski definition) is 5. The van der Waals surface area contributed by atoms with E-state index in [2.05, 4.69) is 15.5 Å². The van der Waals surface area contributed by atoms with Crippen LogP contribution in [-0.2, 0) is 0 Å². The van der Waals surface area contributed by atoms with Crippen LogP contribution in [0.15, 0.2) is 33.8 Å². The van der Waals surface area contributed by atoms with Crippen LogP contribution < -0.4 is 11.1 Å². The SMILES string of the molecule is Cc1nc(C)c(C(=O)Nc2ccccc2/C(N)=N/O)o1. The van der Waals surface area contributed by atoms with Crippen molar-refractivity contribution in [2.75, 3.05) is 5.32 Å². The van der Waals surface area contributed by atoms with Crippen LogP contribution in [-0.4, -0.2) is 21.9 Å². The summed E-state index contributed by atoms with van der Waals surface area (Å²) in [5.74, 6) is 0.0156. The highest BCUT2D eigenvalue weighted by Gasteiger charge is 2.17. The molecular weight excluding hydrogens is 260 g/mol. The fraction of sp³-hybridized carbons (Fsp3) is 0.154. The number of para-hydroxylation sites is 1. The number of benzene rings is 1. The zero-order valence-corrected chi connectivity index (χ0v) is 11.0. The summed E-state index contributed by atoms with van der Waals surface area (Å²) >= 11 is 0. The molecule has 0 saturated heterocycles. The van der Waals surface area contributed by atoms with Crippen molar-refractivity contribution in [1.82, 2.24) is 4.98 Å². The zero-order valence-electron chi connectivity index (χ0n) is 11.0. The van der Waals surface area contributed by atoms with E-state index in [1.807, 2.05) is 0 Å². The predicted octanol–water partition coefficient (Wildman–Crippen LogP) is 1.64. The lowest BCUT2D eigenvalue weighted by atomic mass is 10.1. The van der Waals surface area contributed by atoms with Gasteiger partial charge >= 0.3 is 0 Å². The molecule has 0 aliphatic carbocycles. The van der Waals surface area contributed by atoms with Gasteiger partial charge in [0.15, 0.2) is 11.7 Å². The summed E-state index contributed by atoms with van der Waals surface area (Å²) in [6.45, 7) is 3.34. The van der Waals surface area contributed by atoms with Gasteiger partial charge in [0.1, 0.15) is 0 Å². The smallest absolute Gasteiger partial charge is 0.293 e. The minimum atomic E-state index is -0.443. The van der Waals surface area contributed by atoms with E-state index < -0.39 is 5.91 Å².